The van der Waals surface area contributed by atoms with Crippen LogP contribution in [0.3, 0.4) is 0 Å². The first-order valence-electron chi connectivity index (χ1n) is 11.5. The number of hydrogen-bond acceptors (Lipinski definition) is 6. The molecule has 7 nitrogen and oxygen atoms in total. The SMILES string of the molecule is O=C(O)CCNCc1ccc(-c2noc(-c3ccc(OC4CCCCC4)c(C(F)(F)F)c3)n2)cc1. The minimum absolute atomic E-state index is 0.0193. The van der Waals surface area contributed by atoms with Crippen LogP contribution in [0.15, 0.2) is 47.0 Å². The third-order valence-electron chi connectivity index (χ3n) is 5.86. The van der Waals surface area contributed by atoms with E-state index in [1.807, 2.05) is 12.1 Å². The molecular formula is C25H26F3N3O4. The number of alkyl halides is 3. The lowest BCUT2D eigenvalue weighted by Gasteiger charge is -2.25. The number of rotatable bonds is 9. The number of nitrogens with zero attached hydrogens (tertiary/aromatic N) is 2. The number of aliphatic carboxylic acids is 1. The Bertz CT molecular complexity index is 1140. The molecule has 1 aliphatic carbocycles. The molecular weight excluding hydrogens is 463 g/mol. The molecule has 1 aromatic heterocycles. The fourth-order valence-electron chi connectivity index (χ4n) is 4.01. The zero-order chi connectivity index (χ0) is 24.8. The first-order chi connectivity index (χ1) is 16.8. The van der Waals surface area contributed by atoms with Crippen LogP contribution >= 0.6 is 0 Å². The fourth-order valence-corrected chi connectivity index (χ4v) is 4.01. The number of carboxylic acids is 1. The van der Waals surface area contributed by atoms with Gasteiger partial charge in [0.25, 0.3) is 5.89 Å². The van der Waals surface area contributed by atoms with Crippen LogP contribution in [0.1, 0.15) is 49.7 Å². The summed E-state index contributed by atoms with van der Waals surface area (Å²) in [6.45, 7) is 0.857. The largest absolute Gasteiger partial charge is 0.490 e. The smallest absolute Gasteiger partial charge is 0.419 e. The summed E-state index contributed by atoms with van der Waals surface area (Å²) in [5.41, 5.74) is 0.875. The van der Waals surface area contributed by atoms with Crippen molar-refractivity contribution in [3.05, 3.63) is 53.6 Å². The van der Waals surface area contributed by atoms with Crippen molar-refractivity contribution in [2.45, 2.75) is 57.3 Å². The van der Waals surface area contributed by atoms with Crippen molar-refractivity contribution in [3.8, 4) is 28.6 Å². The second kappa shape index (κ2) is 10.9. The molecule has 1 saturated carbocycles. The predicted octanol–water partition coefficient (Wildman–Crippen LogP) is 5.70. The molecule has 0 amide bonds. The van der Waals surface area contributed by atoms with Gasteiger partial charge in [0.15, 0.2) is 0 Å². The fraction of sp³-hybridized carbons (Fsp3) is 0.400. The van der Waals surface area contributed by atoms with E-state index in [1.54, 1.807) is 12.1 Å². The van der Waals surface area contributed by atoms with Crippen LogP contribution in [0.25, 0.3) is 22.8 Å². The van der Waals surface area contributed by atoms with Crippen molar-refractivity contribution in [1.29, 1.82) is 0 Å². The van der Waals surface area contributed by atoms with Crippen molar-refractivity contribution in [2.75, 3.05) is 6.54 Å². The van der Waals surface area contributed by atoms with Crippen LogP contribution in [-0.4, -0.2) is 33.9 Å². The van der Waals surface area contributed by atoms with Crippen LogP contribution in [0.4, 0.5) is 13.2 Å². The maximum atomic E-state index is 13.8. The van der Waals surface area contributed by atoms with Gasteiger partial charge >= 0.3 is 12.1 Å². The first kappa shape index (κ1) is 24.7. The molecule has 3 aromatic rings. The van der Waals surface area contributed by atoms with Crippen LogP contribution < -0.4 is 10.1 Å². The molecule has 0 radical (unpaired) electrons. The molecule has 0 bridgehead atoms. The van der Waals surface area contributed by atoms with Crippen molar-refractivity contribution in [1.82, 2.24) is 15.5 Å². The summed E-state index contributed by atoms with van der Waals surface area (Å²) in [4.78, 5) is 14.8. The zero-order valence-corrected chi connectivity index (χ0v) is 19.0. The van der Waals surface area contributed by atoms with Crippen molar-refractivity contribution in [2.24, 2.45) is 0 Å². The molecule has 0 atom stereocenters. The lowest BCUT2D eigenvalue weighted by atomic mass is 9.97. The van der Waals surface area contributed by atoms with Gasteiger partial charge in [-0.05, 0) is 49.4 Å². The topological polar surface area (TPSA) is 97.5 Å². The summed E-state index contributed by atoms with van der Waals surface area (Å²) in [5.74, 6) is -0.814. The van der Waals surface area contributed by atoms with Gasteiger partial charge in [-0.15, -0.1) is 0 Å². The zero-order valence-electron chi connectivity index (χ0n) is 19.0. The number of aromatic nitrogens is 2. The Morgan fingerprint density at radius 3 is 2.49 bits per heavy atom. The minimum Gasteiger partial charge on any atom is -0.490 e. The average molecular weight is 489 g/mol. The van der Waals surface area contributed by atoms with Gasteiger partial charge in [0.1, 0.15) is 5.75 Å². The molecule has 0 unspecified atom stereocenters. The molecule has 1 heterocycles. The van der Waals surface area contributed by atoms with Crippen molar-refractivity contribution in [3.63, 3.8) is 0 Å². The van der Waals surface area contributed by atoms with E-state index >= 15 is 0 Å². The standard InChI is InChI=1S/C25H26F3N3O4/c26-25(27,28)20-14-18(10-11-21(20)34-19-4-2-1-3-5-19)24-30-23(31-35-24)17-8-6-16(7-9-17)15-29-13-12-22(32)33/h6-11,14,19,29H,1-5,12-13,15H2,(H,32,33). The molecule has 1 aliphatic rings. The Hall–Kier alpha value is -3.40. The Balaban J connectivity index is 1.48. The molecule has 2 N–H and O–H groups in total. The van der Waals surface area contributed by atoms with E-state index in [2.05, 4.69) is 15.5 Å². The van der Waals surface area contributed by atoms with Gasteiger partial charge in [-0.1, -0.05) is 35.8 Å². The number of nitrogens with one attached hydrogen (secondary N) is 1. The number of carbonyl (C=O) groups is 1. The van der Waals surface area contributed by atoms with Crippen LogP contribution in [-0.2, 0) is 17.5 Å². The first-order valence-corrected chi connectivity index (χ1v) is 11.5. The highest BCUT2D eigenvalue weighted by molar-refractivity contribution is 5.66. The van der Waals surface area contributed by atoms with Crippen molar-refractivity contribution < 1.29 is 32.3 Å². The van der Waals surface area contributed by atoms with Gasteiger partial charge in [-0.2, -0.15) is 18.2 Å². The van der Waals surface area contributed by atoms with Gasteiger partial charge in [0.2, 0.25) is 5.82 Å². The average Bonchev–Trinajstić information content (AvgIpc) is 3.33. The summed E-state index contributed by atoms with van der Waals surface area (Å²) >= 11 is 0. The molecule has 0 aliphatic heterocycles. The normalized spacial score (nSPS) is 14.7. The molecule has 186 valence electrons. The summed E-state index contributed by atoms with van der Waals surface area (Å²) in [6.07, 6.45) is -0.261. The monoisotopic (exact) mass is 489 g/mol. The number of ether oxygens (including phenoxy) is 1. The highest BCUT2D eigenvalue weighted by Gasteiger charge is 2.36. The molecule has 2 aromatic carbocycles. The molecule has 35 heavy (non-hydrogen) atoms. The molecule has 0 saturated heterocycles. The van der Waals surface area contributed by atoms with E-state index in [0.29, 0.717) is 18.7 Å². The molecule has 0 spiro atoms. The molecule has 4 rings (SSSR count). The number of halogens is 3. The second-order valence-electron chi connectivity index (χ2n) is 8.53. The Labute approximate surface area is 200 Å². The van der Waals surface area contributed by atoms with E-state index in [0.717, 1.165) is 43.7 Å². The summed E-state index contributed by atoms with van der Waals surface area (Å²) < 4.78 is 52.3. The number of carboxylic acid groups (broad SMARTS) is 1. The second-order valence-corrected chi connectivity index (χ2v) is 8.53. The highest BCUT2D eigenvalue weighted by atomic mass is 19.4. The predicted molar refractivity (Wildman–Crippen MR) is 122 cm³/mol. The number of benzene rings is 2. The minimum atomic E-state index is -4.59. The Morgan fingerprint density at radius 2 is 1.80 bits per heavy atom. The van der Waals surface area contributed by atoms with Gasteiger partial charge < -0.3 is 19.7 Å². The van der Waals surface area contributed by atoms with E-state index in [-0.39, 0.29) is 35.6 Å². The van der Waals surface area contributed by atoms with Gasteiger partial charge in [-0.25, -0.2) is 0 Å². The third-order valence-corrected chi connectivity index (χ3v) is 5.86. The molecule has 1 fully saturated rings. The van der Waals surface area contributed by atoms with Crippen LogP contribution in [0, 0.1) is 0 Å². The summed E-state index contributed by atoms with van der Waals surface area (Å²) in [6, 6.07) is 11.0. The van der Waals surface area contributed by atoms with E-state index in [1.165, 1.54) is 12.1 Å². The quantitative estimate of drug-likeness (QED) is 0.372. The van der Waals surface area contributed by atoms with E-state index in [4.69, 9.17) is 14.4 Å². The lowest BCUT2D eigenvalue weighted by Crippen LogP contribution is -2.21. The van der Waals surface area contributed by atoms with Crippen LogP contribution in [0.2, 0.25) is 0 Å². The Morgan fingerprint density at radius 1 is 1.09 bits per heavy atom. The molecule has 10 heteroatoms. The maximum absolute atomic E-state index is 13.8. The van der Waals surface area contributed by atoms with Crippen molar-refractivity contribution >= 4 is 5.97 Å². The Kier molecular flexibility index (Phi) is 7.70. The maximum Gasteiger partial charge on any atom is 0.419 e. The summed E-state index contributed by atoms with van der Waals surface area (Å²) in [5, 5.41) is 15.6. The summed E-state index contributed by atoms with van der Waals surface area (Å²) in [7, 11) is 0. The lowest BCUT2D eigenvalue weighted by molar-refractivity contribution is -0.139. The van der Waals surface area contributed by atoms with Gasteiger partial charge in [-0.3, -0.25) is 4.79 Å². The van der Waals surface area contributed by atoms with E-state index < -0.39 is 17.7 Å². The number of hydrogen-bond donors (Lipinski definition) is 2. The van der Waals surface area contributed by atoms with Crippen LogP contribution in [0.5, 0.6) is 5.75 Å². The van der Waals surface area contributed by atoms with Gasteiger partial charge in [0.05, 0.1) is 18.1 Å². The highest BCUT2D eigenvalue weighted by Crippen LogP contribution is 2.40. The third kappa shape index (κ3) is 6.60. The van der Waals surface area contributed by atoms with Gasteiger partial charge in [0, 0.05) is 24.2 Å². The van der Waals surface area contributed by atoms with E-state index in [9.17, 15) is 18.0 Å².